The number of hydrogen-bond acceptors (Lipinski definition) is 3. The third kappa shape index (κ3) is 7.02. The lowest BCUT2D eigenvalue weighted by atomic mass is 9.97. The van der Waals surface area contributed by atoms with Crippen LogP contribution in [0.5, 0.6) is 0 Å². The number of amidine groups is 2. The van der Waals surface area contributed by atoms with Gasteiger partial charge in [-0.05, 0) is 33.5 Å². The lowest BCUT2D eigenvalue weighted by Gasteiger charge is -2.13. The summed E-state index contributed by atoms with van der Waals surface area (Å²) >= 11 is 0. The smallest absolute Gasteiger partial charge is 0.160 e. The lowest BCUT2D eigenvalue weighted by Crippen LogP contribution is -2.16. The van der Waals surface area contributed by atoms with Crippen molar-refractivity contribution < 1.29 is 0 Å². The minimum atomic E-state index is 0.412. The number of nitrogens with zero attached hydrogens (tertiary/aromatic N) is 4. The molecule has 0 bridgehead atoms. The molecule has 2 N–H and O–H groups in total. The van der Waals surface area contributed by atoms with Crippen molar-refractivity contribution in [1.82, 2.24) is 9.97 Å². The highest BCUT2D eigenvalue weighted by Gasteiger charge is 2.15. The highest BCUT2D eigenvalue weighted by atomic mass is 15.0. The Kier molecular flexibility index (Phi) is 9.22. The third-order valence-electron chi connectivity index (χ3n) is 9.03. The number of hydrogen-bond donors (Lipinski definition) is 1. The van der Waals surface area contributed by atoms with Crippen LogP contribution >= 0.6 is 0 Å². The van der Waals surface area contributed by atoms with E-state index in [9.17, 15) is 0 Å². The van der Waals surface area contributed by atoms with E-state index >= 15 is 0 Å². The molecule has 0 aliphatic rings. The molecular formula is C47H35N5. The Morgan fingerprint density at radius 3 is 1.88 bits per heavy atom. The third-order valence-corrected chi connectivity index (χ3v) is 9.03. The van der Waals surface area contributed by atoms with Gasteiger partial charge in [0.1, 0.15) is 5.84 Å². The van der Waals surface area contributed by atoms with Crippen molar-refractivity contribution in [3.05, 3.63) is 205 Å². The highest BCUT2D eigenvalue weighted by Crippen LogP contribution is 2.33. The standard InChI is InChI=1S/C47H35N5/c48-45(37-20-8-3-9-21-37)52-47(49-32-33-15-4-1-5-16-33)42-25-13-12-24-40(42)35-27-29-38(30-28-35)46-50-43(36-18-6-2-7-19-36)31-44(51-46)41-26-14-22-34-17-10-11-23-39(34)41/h1-31H,32H2,(H2,48,49,52). The summed E-state index contributed by atoms with van der Waals surface area (Å²) in [5.41, 5.74) is 16.2. The van der Waals surface area contributed by atoms with Crippen LogP contribution in [0.3, 0.4) is 0 Å². The molecule has 1 aromatic heterocycles. The quantitative estimate of drug-likeness (QED) is 0.129. The molecule has 52 heavy (non-hydrogen) atoms. The molecule has 0 radical (unpaired) electrons. The fraction of sp³-hybridized carbons (Fsp3) is 0.0213. The number of benzene rings is 7. The summed E-state index contributed by atoms with van der Waals surface area (Å²) in [6, 6.07) is 63.7. The summed E-state index contributed by atoms with van der Waals surface area (Å²) in [6.07, 6.45) is 0. The Hall–Kier alpha value is -6.98. The van der Waals surface area contributed by atoms with E-state index in [-0.39, 0.29) is 0 Å². The van der Waals surface area contributed by atoms with Gasteiger partial charge in [-0.3, -0.25) is 4.99 Å². The highest BCUT2D eigenvalue weighted by molar-refractivity contribution is 6.13. The summed E-state index contributed by atoms with van der Waals surface area (Å²) < 4.78 is 0. The van der Waals surface area contributed by atoms with Gasteiger partial charge >= 0.3 is 0 Å². The van der Waals surface area contributed by atoms with Crippen LogP contribution in [0.15, 0.2) is 198 Å². The summed E-state index contributed by atoms with van der Waals surface area (Å²) in [7, 11) is 0. The first-order valence-corrected chi connectivity index (χ1v) is 17.3. The van der Waals surface area contributed by atoms with Crippen molar-refractivity contribution in [3.63, 3.8) is 0 Å². The average molecular weight is 670 g/mol. The monoisotopic (exact) mass is 669 g/mol. The molecule has 7 aromatic carbocycles. The maximum atomic E-state index is 6.57. The van der Waals surface area contributed by atoms with E-state index in [0.29, 0.717) is 24.0 Å². The number of rotatable bonds is 8. The Balaban J connectivity index is 1.20. The summed E-state index contributed by atoms with van der Waals surface area (Å²) in [4.78, 5) is 20.1. The molecule has 0 fully saturated rings. The first-order valence-electron chi connectivity index (χ1n) is 17.3. The van der Waals surface area contributed by atoms with Gasteiger partial charge in [0.05, 0.1) is 17.9 Å². The van der Waals surface area contributed by atoms with Gasteiger partial charge in [-0.1, -0.05) is 182 Å². The Morgan fingerprint density at radius 1 is 0.500 bits per heavy atom. The van der Waals surface area contributed by atoms with Gasteiger partial charge in [-0.15, -0.1) is 0 Å². The van der Waals surface area contributed by atoms with Crippen LogP contribution in [0, 0.1) is 0 Å². The van der Waals surface area contributed by atoms with Gasteiger partial charge in [0.25, 0.3) is 0 Å². The number of fused-ring (bicyclic) bond motifs is 1. The second kappa shape index (κ2) is 14.9. The van der Waals surface area contributed by atoms with E-state index in [2.05, 4.69) is 109 Å². The Morgan fingerprint density at radius 2 is 1.10 bits per heavy atom. The van der Waals surface area contributed by atoms with E-state index in [1.54, 1.807) is 0 Å². The zero-order chi connectivity index (χ0) is 35.1. The summed E-state index contributed by atoms with van der Waals surface area (Å²) in [5.74, 6) is 1.65. The molecule has 8 rings (SSSR count). The number of aromatic nitrogens is 2. The molecule has 0 amide bonds. The Labute approximate surface area is 303 Å². The first-order chi connectivity index (χ1) is 25.7. The van der Waals surface area contributed by atoms with E-state index in [1.165, 1.54) is 5.39 Å². The zero-order valence-corrected chi connectivity index (χ0v) is 28.5. The van der Waals surface area contributed by atoms with Gasteiger partial charge in [0, 0.05) is 27.8 Å². The second-order valence-electron chi connectivity index (χ2n) is 12.5. The Bertz CT molecular complexity index is 2520. The number of nitrogens with two attached hydrogens (primary N) is 1. The molecule has 0 aliphatic carbocycles. The second-order valence-corrected chi connectivity index (χ2v) is 12.5. The minimum absolute atomic E-state index is 0.412. The van der Waals surface area contributed by atoms with Crippen molar-refractivity contribution in [3.8, 4) is 45.0 Å². The van der Waals surface area contributed by atoms with Crippen LogP contribution in [-0.4, -0.2) is 21.6 Å². The number of aliphatic imine (C=N–C) groups is 2. The van der Waals surface area contributed by atoms with Crippen molar-refractivity contribution in [2.75, 3.05) is 0 Å². The normalized spacial score (nSPS) is 11.8. The van der Waals surface area contributed by atoms with Crippen LogP contribution < -0.4 is 5.73 Å². The average Bonchev–Trinajstić information content (AvgIpc) is 3.23. The molecule has 0 spiro atoms. The van der Waals surface area contributed by atoms with Crippen LogP contribution in [0.25, 0.3) is 55.8 Å². The molecule has 5 nitrogen and oxygen atoms in total. The molecule has 0 saturated heterocycles. The molecule has 8 aromatic rings. The van der Waals surface area contributed by atoms with E-state index in [0.717, 1.165) is 61.3 Å². The molecule has 0 atom stereocenters. The minimum Gasteiger partial charge on any atom is -0.383 e. The van der Waals surface area contributed by atoms with E-state index < -0.39 is 0 Å². The molecule has 0 saturated carbocycles. The summed E-state index contributed by atoms with van der Waals surface area (Å²) in [5, 5.41) is 2.33. The predicted molar refractivity (Wildman–Crippen MR) is 215 cm³/mol. The predicted octanol–water partition coefficient (Wildman–Crippen LogP) is 10.7. The van der Waals surface area contributed by atoms with E-state index in [4.69, 9.17) is 25.7 Å². The van der Waals surface area contributed by atoms with Gasteiger partial charge < -0.3 is 5.73 Å². The van der Waals surface area contributed by atoms with Crippen LogP contribution in [0.2, 0.25) is 0 Å². The fourth-order valence-electron chi connectivity index (χ4n) is 6.37. The van der Waals surface area contributed by atoms with Gasteiger partial charge in [-0.2, -0.15) is 0 Å². The first kappa shape index (κ1) is 32.2. The molecule has 0 aliphatic heterocycles. The largest absolute Gasteiger partial charge is 0.383 e. The van der Waals surface area contributed by atoms with Crippen molar-refractivity contribution in [2.24, 2.45) is 15.7 Å². The maximum Gasteiger partial charge on any atom is 0.160 e. The molecule has 248 valence electrons. The molecule has 5 heteroatoms. The zero-order valence-electron chi connectivity index (χ0n) is 28.5. The molecule has 1 heterocycles. The van der Waals surface area contributed by atoms with Gasteiger partial charge in [0.15, 0.2) is 11.7 Å². The van der Waals surface area contributed by atoms with Crippen LogP contribution in [-0.2, 0) is 6.54 Å². The van der Waals surface area contributed by atoms with Crippen molar-refractivity contribution in [1.29, 1.82) is 0 Å². The van der Waals surface area contributed by atoms with Gasteiger partial charge in [0.2, 0.25) is 0 Å². The maximum absolute atomic E-state index is 6.57. The van der Waals surface area contributed by atoms with E-state index in [1.807, 2.05) is 78.9 Å². The lowest BCUT2D eigenvalue weighted by molar-refractivity contribution is 1.06. The van der Waals surface area contributed by atoms with Crippen molar-refractivity contribution in [2.45, 2.75) is 6.54 Å². The molecule has 0 unspecified atom stereocenters. The summed E-state index contributed by atoms with van der Waals surface area (Å²) in [6.45, 7) is 0.475. The van der Waals surface area contributed by atoms with Gasteiger partial charge in [-0.25, -0.2) is 15.0 Å². The van der Waals surface area contributed by atoms with Crippen LogP contribution in [0.4, 0.5) is 0 Å². The van der Waals surface area contributed by atoms with Crippen LogP contribution in [0.1, 0.15) is 16.7 Å². The van der Waals surface area contributed by atoms with Crippen molar-refractivity contribution >= 4 is 22.4 Å². The SMILES string of the molecule is NC(=NC(=NCc1ccccc1)c1ccccc1-c1ccc(-c2nc(-c3ccccc3)cc(-c3cccc4ccccc34)n2)cc1)c1ccccc1. The molecular weight excluding hydrogens is 635 g/mol. The fourth-order valence-corrected chi connectivity index (χ4v) is 6.37. The topological polar surface area (TPSA) is 76.5 Å².